The SMILES string of the molecule is CC(C)N1CCCC(c2nnc3cc(N)ccn23)C1. The lowest BCUT2D eigenvalue weighted by molar-refractivity contribution is 0.164. The van der Waals surface area contributed by atoms with E-state index in [0.29, 0.717) is 12.0 Å². The van der Waals surface area contributed by atoms with E-state index < -0.39 is 0 Å². The molecular formula is C14H21N5. The maximum Gasteiger partial charge on any atom is 0.162 e. The molecule has 1 unspecified atom stereocenters. The van der Waals surface area contributed by atoms with Crippen molar-refractivity contribution in [1.82, 2.24) is 19.5 Å². The number of likely N-dealkylation sites (tertiary alicyclic amines) is 1. The first-order valence-electron chi connectivity index (χ1n) is 6.99. The summed E-state index contributed by atoms with van der Waals surface area (Å²) in [5.41, 5.74) is 7.36. The van der Waals surface area contributed by atoms with Crippen LogP contribution in [0, 0.1) is 0 Å². The van der Waals surface area contributed by atoms with Crippen molar-refractivity contribution in [3.8, 4) is 0 Å². The van der Waals surface area contributed by atoms with Crippen LogP contribution in [-0.2, 0) is 0 Å². The fourth-order valence-electron chi connectivity index (χ4n) is 2.89. The van der Waals surface area contributed by atoms with Crippen molar-refractivity contribution in [2.24, 2.45) is 0 Å². The van der Waals surface area contributed by atoms with Gasteiger partial charge in [0.25, 0.3) is 0 Å². The smallest absolute Gasteiger partial charge is 0.162 e. The minimum atomic E-state index is 0.467. The number of nitrogens with zero attached hydrogens (tertiary/aromatic N) is 4. The van der Waals surface area contributed by atoms with Crippen LogP contribution >= 0.6 is 0 Å². The van der Waals surface area contributed by atoms with Crippen molar-refractivity contribution in [1.29, 1.82) is 0 Å². The van der Waals surface area contributed by atoms with Gasteiger partial charge in [-0.1, -0.05) is 0 Å². The van der Waals surface area contributed by atoms with Crippen molar-refractivity contribution < 1.29 is 0 Å². The van der Waals surface area contributed by atoms with Crippen LogP contribution in [0.3, 0.4) is 0 Å². The van der Waals surface area contributed by atoms with Crippen molar-refractivity contribution >= 4 is 11.3 Å². The monoisotopic (exact) mass is 259 g/mol. The topological polar surface area (TPSA) is 59.5 Å². The lowest BCUT2D eigenvalue weighted by Gasteiger charge is -2.34. The van der Waals surface area contributed by atoms with Crippen LogP contribution in [0.25, 0.3) is 5.65 Å². The first-order valence-corrected chi connectivity index (χ1v) is 6.99. The van der Waals surface area contributed by atoms with Gasteiger partial charge in [-0.2, -0.15) is 0 Å². The summed E-state index contributed by atoms with van der Waals surface area (Å²) in [6, 6.07) is 4.38. The Hall–Kier alpha value is -1.62. The Kier molecular flexibility index (Phi) is 3.14. The van der Waals surface area contributed by atoms with Gasteiger partial charge in [-0.15, -0.1) is 10.2 Å². The molecule has 0 amide bonds. The summed E-state index contributed by atoms with van der Waals surface area (Å²) in [5, 5.41) is 8.62. The molecule has 3 heterocycles. The van der Waals surface area contributed by atoms with Gasteiger partial charge in [-0.05, 0) is 39.3 Å². The zero-order valence-electron chi connectivity index (χ0n) is 11.6. The highest BCUT2D eigenvalue weighted by molar-refractivity contribution is 5.51. The average Bonchev–Trinajstić information content (AvgIpc) is 2.81. The molecular weight excluding hydrogens is 238 g/mol. The molecule has 5 nitrogen and oxygen atoms in total. The molecule has 5 heteroatoms. The van der Waals surface area contributed by atoms with Crippen molar-refractivity contribution in [2.45, 2.75) is 38.6 Å². The Bertz CT molecular complexity index is 574. The molecule has 2 aromatic heterocycles. The van der Waals surface area contributed by atoms with E-state index in [1.807, 2.05) is 18.3 Å². The van der Waals surface area contributed by atoms with Gasteiger partial charge < -0.3 is 10.6 Å². The zero-order valence-corrected chi connectivity index (χ0v) is 11.6. The number of nitrogen functional groups attached to an aromatic ring is 1. The fraction of sp³-hybridized carbons (Fsp3) is 0.571. The second kappa shape index (κ2) is 4.81. The molecule has 1 atom stereocenters. The molecule has 3 rings (SSSR count). The van der Waals surface area contributed by atoms with Gasteiger partial charge in [0.2, 0.25) is 0 Å². The lowest BCUT2D eigenvalue weighted by atomic mass is 9.96. The Balaban J connectivity index is 1.91. The molecule has 0 bridgehead atoms. The van der Waals surface area contributed by atoms with Crippen LogP contribution < -0.4 is 5.73 Å². The molecule has 0 aromatic carbocycles. The van der Waals surface area contributed by atoms with Gasteiger partial charge in [-0.3, -0.25) is 4.40 Å². The van der Waals surface area contributed by atoms with Crippen LogP contribution in [0.2, 0.25) is 0 Å². The highest BCUT2D eigenvalue weighted by Crippen LogP contribution is 2.27. The van der Waals surface area contributed by atoms with E-state index in [0.717, 1.165) is 23.7 Å². The van der Waals surface area contributed by atoms with E-state index in [9.17, 15) is 0 Å². The van der Waals surface area contributed by atoms with E-state index in [4.69, 9.17) is 5.73 Å². The van der Waals surface area contributed by atoms with E-state index in [2.05, 4.69) is 33.3 Å². The van der Waals surface area contributed by atoms with Gasteiger partial charge >= 0.3 is 0 Å². The van der Waals surface area contributed by atoms with Gasteiger partial charge in [0, 0.05) is 36.5 Å². The molecule has 1 aliphatic rings. The predicted molar refractivity (Wildman–Crippen MR) is 76.1 cm³/mol. The summed E-state index contributed by atoms with van der Waals surface area (Å²) in [6.45, 7) is 6.77. The minimum absolute atomic E-state index is 0.467. The maximum atomic E-state index is 5.78. The highest BCUT2D eigenvalue weighted by Gasteiger charge is 2.26. The first kappa shape index (κ1) is 12.4. The summed E-state index contributed by atoms with van der Waals surface area (Å²) in [6.07, 6.45) is 4.40. The number of fused-ring (bicyclic) bond motifs is 1. The van der Waals surface area contributed by atoms with E-state index in [1.54, 1.807) is 0 Å². The lowest BCUT2D eigenvalue weighted by Crippen LogP contribution is -2.39. The summed E-state index contributed by atoms with van der Waals surface area (Å²) >= 11 is 0. The Morgan fingerprint density at radius 3 is 3.00 bits per heavy atom. The Morgan fingerprint density at radius 1 is 1.37 bits per heavy atom. The van der Waals surface area contributed by atoms with Crippen LogP contribution in [-0.4, -0.2) is 38.6 Å². The number of pyridine rings is 1. The Labute approximate surface area is 113 Å². The quantitative estimate of drug-likeness (QED) is 0.895. The summed E-state index contributed by atoms with van der Waals surface area (Å²) in [5.74, 6) is 1.54. The molecule has 2 N–H and O–H groups in total. The molecule has 1 aliphatic heterocycles. The third-order valence-corrected chi connectivity index (χ3v) is 4.01. The molecule has 0 radical (unpaired) electrons. The van der Waals surface area contributed by atoms with Gasteiger partial charge in [0.1, 0.15) is 5.82 Å². The van der Waals surface area contributed by atoms with Crippen LogP contribution in [0.15, 0.2) is 18.3 Å². The van der Waals surface area contributed by atoms with E-state index in [-0.39, 0.29) is 0 Å². The zero-order chi connectivity index (χ0) is 13.4. The molecule has 102 valence electrons. The maximum absolute atomic E-state index is 5.78. The van der Waals surface area contributed by atoms with Gasteiger partial charge in [0.05, 0.1) is 0 Å². The average molecular weight is 259 g/mol. The number of rotatable bonds is 2. The van der Waals surface area contributed by atoms with Gasteiger partial charge in [-0.25, -0.2) is 0 Å². The molecule has 1 saturated heterocycles. The summed E-state index contributed by atoms with van der Waals surface area (Å²) in [4.78, 5) is 2.52. The normalized spacial score (nSPS) is 21.3. The Morgan fingerprint density at radius 2 is 2.21 bits per heavy atom. The predicted octanol–water partition coefficient (Wildman–Crippen LogP) is 1.90. The highest BCUT2D eigenvalue weighted by atomic mass is 15.3. The largest absolute Gasteiger partial charge is 0.399 e. The molecule has 0 saturated carbocycles. The van der Waals surface area contributed by atoms with E-state index in [1.165, 1.54) is 19.4 Å². The van der Waals surface area contributed by atoms with Gasteiger partial charge in [0.15, 0.2) is 5.65 Å². The number of aromatic nitrogens is 3. The number of hydrogen-bond acceptors (Lipinski definition) is 4. The minimum Gasteiger partial charge on any atom is -0.399 e. The first-order chi connectivity index (χ1) is 9.15. The molecule has 0 spiro atoms. The standard InChI is InChI=1S/C14H21N5/c1-10(2)18-6-3-4-11(9-18)14-17-16-13-8-12(15)5-7-19(13)14/h5,7-8,10-11H,3-4,6,9,15H2,1-2H3. The molecule has 1 fully saturated rings. The van der Waals surface area contributed by atoms with Crippen LogP contribution in [0.1, 0.15) is 38.4 Å². The summed E-state index contributed by atoms with van der Waals surface area (Å²) in [7, 11) is 0. The second-order valence-corrected chi connectivity index (χ2v) is 5.67. The summed E-state index contributed by atoms with van der Waals surface area (Å²) < 4.78 is 2.07. The third-order valence-electron chi connectivity index (χ3n) is 4.01. The number of hydrogen-bond donors (Lipinski definition) is 1. The van der Waals surface area contributed by atoms with Crippen LogP contribution in [0.5, 0.6) is 0 Å². The van der Waals surface area contributed by atoms with Crippen molar-refractivity contribution in [2.75, 3.05) is 18.8 Å². The van der Waals surface area contributed by atoms with Crippen LogP contribution in [0.4, 0.5) is 5.69 Å². The fourth-order valence-corrected chi connectivity index (χ4v) is 2.89. The van der Waals surface area contributed by atoms with Crippen molar-refractivity contribution in [3.05, 3.63) is 24.2 Å². The van der Waals surface area contributed by atoms with E-state index >= 15 is 0 Å². The molecule has 19 heavy (non-hydrogen) atoms. The molecule has 2 aromatic rings. The number of piperidine rings is 1. The second-order valence-electron chi connectivity index (χ2n) is 5.67. The third kappa shape index (κ3) is 2.30. The molecule has 0 aliphatic carbocycles. The van der Waals surface area contributed by atoms with Crippen molar-refractivity contribution in [3.63, 3.8) is 0 Å². The number of nitrogens with two attached hydrogens (primary N) is 1. The number of anilines is 1.